The summed E-state index contributed by atoms with van der Waals surface area (Å²) < 4.78 is 21.6. The number of rotatable bonds is 11. The summed E-state index contributed by atoms with van der Waals surface area (Å²) in [4.78, 5) is 65.4. The summed E-state index contributed by atoms with van der Waals surface area (Å²) >= 11 is 0. The van der Waals surface area contributed by atoms with Gasteiger partial charge in [-0.1, -0.05) is 66.2 Å². The van der Waals surface area contributed by atoms with Gasteiger partial charge >= 0.3 is 30.2 Å². The summed E-state index contributed by atoms with van der Waals surface area (Å²) in [5, 5.41) is 11.9. The molecule has 2 aliphatic heterocycles. The number of nitrogens with zero attached hydrogens (tertiary/aromatic N) is 2. The third-order valence-electron chi connectivity index (χ3n) is 8.90. The van der Waals surface area contributed by atoms with Crippen molar-refractivity contribution in [2.24, 2.45) is 10.8 Å². The van der Waals surface area contributed by atoms with Crippen molar-refractivity contribution in [2.75, 3.05) is 20.3 Å². The van der Waals surface area contributed by atoms with Crippen LogP contribution in [0.3, 0.4) is 0 Å². The molecule has 1 unspecified atom stereocenters. The molecule has 2 heterocycles. The molecule has 0 aromatic heterocycles. The number of aliphatic carboxylic acids is 1. The predicted octanol–water partition coefficient (Wildman–Crippen LogP) is 6.22. The van der Waals surface area contributed by atoms with Crippen LogP contribution in [0.2, 0.25) is 0 Å². The molecule has 1 aromatic rings. The van der Waals surface area contributed by atoms with E-state index in [1.807, 2.05) is 26.0 Å². The van der Waals surface area contributed by atoms with Crippen LogP contribution in [0.15, 0.2) is 18.2 Å². The van der Waals surface area contributed by atoms with Gasteiger partial charge in [0.1, 0.15) is 23.8 Å². The number of hydrogen-bond donors (Lipinski definition) is 2. The standard InChI is InChI=1S/C36H55N3O10/c1-22(13-12-16-36(8,9)21-47-31(43)37-28(29(40)41)34(2,3)4)25-15-11-14-23-18-38(20-26(23)25)32(44)48-24-17-27(30(42)46-10)39(19-24)33(45)49-35(5,6)7/h11,14-15,22,24,27-28H,12-13,16-21H2,1-10H3,(H,37,43)(H,40,41)/t22?,24-,27+,28-/m1/s1. The number of likely N-dealkylation sites (tertiary alicyclic amines) is 1. The van der Waals surface area contributed by atoms with E-state index in [-0.39, 0.29) is 30.9 Å². The van der Waals surface area contributed by atoms with Crippen molar-refractivity contribution in [3.63, 3.8) is 0 Å². The first-order valence-corrected chi connectivity index (χ1v) is 16.9. The molecule has 2 N–H and O–H groups in total. The highest BCUT2D eigenvalue weighted by Crippen LogP contribution is 2.35. The molecular weight excluding hydrogens is 634 g/mol. The minimum absolute atomic E-state index is 0.0231. The summed E-state index contributed by atoms with van der Waals surface area (Å²) in [7, 11) is 1.25. The number of alkyl carbamates (subject to hydrolysis) is 1. The third-order valence-corrected chi connectivity index (χ3v) is 8.90. The molecule has 13 nitrogen and oxygen atoms in total. The van der Waals surface area contributed by atoms with Gasteiger partial charge in [-0.2, -0.15) is 0 Å². The smallest absolute Gasteiger partial charge is 0.411 e. The second kappa shape index (κ2) is 15.7. The largest absolute Gasteiger partial charge is 0.480 e. The maximum absolute atomic E-state index is 13.3. The fourth-order valence-electron chi connectivity index (χ4n) is 6.20. The SMILES string of the molecule is COC(=O)[C@@H]1C[C@@H](OC(=O)N2Cc3cccc(C(C)CCCC(C)(C)COC(=O)N[C@H](C(=O)O)C(C)(C)C)c3C2)CN1C(=O)OC(C)(C)C. The van der Waals surface area contributed by atoms with Crippen molar-refractivity contribution < 1.29 is 48.0 Å². The van der Waals surface area contributed by atoms with E-state index in [0.29, 0.717) is 13.1 Å². The summed E-state index contributed by atoms with van der Waals surface area (Å²) in [6.45, 7) is 17.6. The van der Waals surface area contributed by atoms with E-state index in [2.05, 4.69) is 18.3 Å². The normalized spacial score (nSPS) is 19.1. The molecule has 0 saturated carbocycles. The molecule has 2 aliphatic rings. The number of esters is 1. The van der Waals surface area contributed by atoms with Crippen LogP contribution in [0, 0.1) is 10.8 Å². The Balaban J connectivity index is 1.54. The zero-order valence-electron chi connectivity index (χ0n) is 30.7. The van der Waals surface area contributed by atoms with Crippen molar-refractivity contribution in [1.82, 2.24) is 15.1 Å². The van der Waals surface area contributed by atoms with Crippen LogP contribution in [0.1, 0.15) is 111 Å². The number of ether oxygens (including phenoxy) is 4. The van der Waals surface area contributed by atoms with E-state index in [1.165, 1.54) is 12.0 Å². The van der Waals surface area contributed by atoms with Crippen molar-refractivity contribution in [3.05, 3.63) is 34.9 Å². The Morgan fingerprint density at radius 3 is 2.27 bits per heavy atom. The van der Waals surface area contributed by atoms with E-state index in [9.17, 15) is 29.1 Å². The van der Waals surface area contributed by atoms with Crippen LogP contribution in [0.5, 0.6) is 0 Å². The Morgan fingerprint density at radius 2 is 1.67 bits per heavy atom. The minimum Gasteiger partial charge on any atom is -0.480 e. The van der Waals surface area contributed by atoms with E-state index < -0.39 is 59.4 Å². The van der Waals surface area contributed by atoms with Crippen LogP contribution in [-0.2, 0) is 41.6 Å². The van der Waals surface area contributed by atoms with Gasteiger partial charge in [-0.25, -0.2) is 24.0 Å². The lowest BCUT2D eigenvalue weighted by atomic mass is 9.84. The van der Waals surface area contributed by atoms with Crippen LogP contribution in [0.25, 0.3) is 0 Å². The van der Waals surface area contributed by atoms with Gasteiger partial charge in [0.05, 0.1) is 20.3 Å². The molecule has 4 atom stereocenters. The molecule has 0 bridgehead atoms. The van der Waals surface area contributed by atoms with E-state index >= 15 is 0 Å². The summed E-state index contributed by atoms with van der Waals surface area (Å²) in [5.74, 6) is -1.51. The van der Waals surface area contributed by atoms with Crippen LogP contribution in [-0.4, -0.2) is 89.2 Å². The predicted molar refractivity (Wildman–Crippen MR) is 181 cm³/mol. The van der Waals surface area contributed by atoms with Gasteiger partial charge in [0, 0.05) is 19.5 Å². The first kappa shape index (κ1) is 39.4. The lowest BCUT2D eigenvalue weighted by molar-refractivity contribution is -0.145. The molecule has 3 rings (SSSR count). The Labute approximate surface area is 289 Å². The maximum Gasteiger partial charge on any atom is 0.411 e. The van der Waals surface area contributed by atoms with Gasteiger partial charge in [0.15, 0.2) is 0 Å². The third kappa shape index (κ3) is 11.0. The summed E-state index contributed by atoms with van der Waals surface area (Å²) in [6, 6.07) is 4.11. The fourth-order valence-corrected chi connectivity index (χ4v) is 6.20. The van der Waals surface area contributed by atoms with Gasteiger partial charge in [-0.15, -0.1) is 0 Å². The van der Waals surface area contributed by atoms with E-state index in [1.54, 1.807) is 46.4 Å². The van der Waals surface area contributed by atoms with Gasteiger partial charge in [-0.3, -0.25) is 9.80 Å². The summed E-state index contributed by atoms with van der Waals surface area (Å²) in [6.07, 6.45) is 0.0213. The maximum atomic E-state index is 13.3. The monoisotopic (exact) mass is 689 g/mol. The number of nitrogens with one attached hydrogen (secondary N) is 1. The Hall–Kier alpha value is -4.03. The second-order valence-corrected chi connectivity index (χ2v) is 16.1. The number of benzene rings is 1. The summed E-state index contributed by atoms with van der Waals surface area (Å²) in [5.41, 5.74) is 1.56. The quantitative estimate of drug-likeness (QED) is 0.202. The molecule has 0 aliphatic carbocycles. The van der Waals surface area contributed by atoms with Crippen molar-refractivity contribution in [3.8, 4) is 0 Å². The van der Waals surface area contributed by atoms with Crippen molar-refractivity contribution in [1.29, 1.82) is 0 Å². The fraction of sp³-hybridized carbons (Fsp3) is 0.694. The van der Waals surface area contributed by atoms with Crippen LogP contribution < -0.4 is 5.32 Å². The van der Waals surface area contributed by atoms with Crippen LogP contribution in [0.4, 0.5) is 14.4 Å². The van der Waals surface area contributed by atoms with Gasteiger partial charge in [0.2, 0.25) is 0 Å². The highest BCUT2D eigenvalue weighted by molar-refractivity contribution is 5.83. The second-order valence-electron chi connectivity index (χ2n) is 16.1. The molecule has 13 heteroatoms. The number of carboxylic acid groups (broad SMARTS) is 1. The minimum atomic E-state index is -1.11. The van der Waals surface area contributed by atoms with Gasteiger partial charge in [0.25, 0.3) is 0 Å². The van der Waals surface area contributed by atoms with Crippen molar-refractivity contribution >= 4 is 30.2 Å². The average molecular weight is 690 g/mol. The Morgan fingerprint density at radius 1 is 1.00 bits per heavy atom. The molecule has 274 valence electrons. The van der Waals surface area contributed by atoms with Crippen molar-refractivity contribution in [2.45, 2.75) is 131 Å². The highest BCUT2D eigenvalue weighted by Gasteiger charge is 2.44. The zero-order valence-corrected chi connectivity index (χ0v) is 30.7. The number of carbonyl (C=O) groups is 5. The van der Waals surface area contributed by atoms with Crippen LogP contribution >= 0.6 is 0 Å². The molecule has 49 heavy (non-hydrogen) atoms. The molecule has 1 fully saturated rings. The molecule has 3 amide bonds. The first-order valence-electron chi connectivity index (χ1n) is 16.9. The number of fused-ring (bicyclic) bond motifs is 1. The van der Waals surface area contributed by atoms with Gasteiger partial charge < -0.3 is 29.4 Å². The lowest BCUT2D eigenvalue weighted by Crippen LogP contribution is -2.49. The number of hydrogen-bond acceptors (Lipinski definition) is 9. The Kier molecular flexibility index (Phi) is 12.6. The molecular formula is C36H55N3O10. The van der Waals surface area contributed by atoms with E-state index in [0.717, 1.165) is 36.0 Å². The average Bonchev–Trinajstić information content (AvgIpc) is 3.61. The first-order chi connectivity index (χ1) is 22.6. The van der Waals surface area contributed by atoms with Gasteiger partial charge in [-0.05, 0) is 67.1 Å². The number of methoxy groups -OCH3 is 1. The van der Waals surface area contributed by atoms with E-state index in [4.69, 9.17) is 18.9 Å². The highest BCUT2D eigenvalue weighted by atomic mass is 16.6. The number of carboxylic acids is 1. The molecule has 1 aromatic carbocycles. The topological polar surface area (TPSA) is 161 Å². The number of amides is 3. The zero-order chi connectivity index (χ0) is 36.9. The Bertz CT molecular complexity index is 1380. The molecule has 0 radical (unpaired) electrons. The molecule has 0 spiro atoms. The lowest BCUT2D eigenvalue weighted by Gasteiger charge is -2.29. The molecule has 1 saturated heterocycles. The number of carbonyl (C=O) groups excluding carboxylic acids is 4.